The van der Waals surface area contributed by atoms with Crippen LogP contribution in [0.1, 0.15) is 46.2 Å². The van der Waals surface area contributed by atoms with Gasteiger partial charge >= 0.3 is 0 Å². The molecule has 1 aromatic rings. The molecule has 0 bridgehead atoms. The van der Waals surface area contributed by atoms with Crippen molar-refractivity contribution in [3.8, 4) is 0 Å². The Morgan fingerprint density at radius 3 is 2.69 bits per heavy atom. The largest absolute Gasteiger partial charge is 0.327 e. The van der Waals surface area contributed by atoms with E-state index in [0.29, 0.717) is 0 Å². The Morgan fingerprint density at radius 2 is 2.12 bits per heavy atom. The van der Waals surface area contributed by atoms with E-state index in [1.54, 1.807) is 0 Å². The summed E-state index contributed by atoms with van der Waals surface area (Å²) in [5.41, 5.74) is 7.66. The van der Waals surface area contributed by atoms with Gasteiger partial charge in [0.1, 0.15) is 0 Å². The number of hydrogen-bond acceptors (Lipinski definition) is 2. The molecule has 1 heterocycles. The predicted octanol–water partition coefficient (Wildman–Crippen LogP) is 2.60. The van der Waals surface area contributed by atoms with Crippen LogP contribution in [0.4, 0.5) is 0 Å². The van der Waals surface area contributed by atoms with E-state index in [1.807, 2.05) is 6.20 Å². The van der Waals surface area contributed by atoms with E-state index in [4.69, 9.17) is 5.73 Å². The van der Waals surface area contributed by atoms with Crippen LogP contribution in [0.5, 0.6) is 0 Å². The standard InChI is InChI=1S/C13H25N3/c1-5-10-16-11(8-9-15-16)6-7-12(14)13(2,3)4/h8-9,12H,5-7,10,14H2,1-4H3. The van der Waals surface area contributed by atoms with E-state index in [0.717, 1.165) is 25.8 Å². The lowest BCUT2D eigenvalue weighted by Gasteiger charge is -2.27. The molecule has 0 radical (unpaired) electrons. The molecule has 16 heavy (non-hydrogen) atoms. The normalized spacial score (nSPS) is 14.1. The maximum Gasteiger partial charge on any atom is 0.0492 e. The van der Waals surface area contributed by atoms with Gasteiger partial charge in [-0.05, 0) is 30.7 Å². The highest BCUT2D eigenvalue weighted by atomic mass is 15.3. The minimum atomic E-state index is 0.190. The minimum absolute atomic E-state index is 0.190. The zero-order chi connectivity index (χ0) is 12.2. The van der Waals surface area contributed by atoms with Crippen molar-refractivity contribution < 1.29 is 0 Å². The lowest BCUT2D eigenvalue weighted by molar-refractivity contribution is 0.304. The van der Waals surface area contributed by atoms with Gasteiger partial charge in [-0.15, -0.1) is 0 Å². The van der Waals surface area contributed by atoms with Crippen LogP contribution in [0.2, 0.25) is 0 Å². The van der Waals surface area contributed by atoms with Gasteiger partial charge < -0.3 is 5.73 Å². The Morgan fingerprint density at radius 1 is 1.44 bits per heavy atom. The topological polar surface area (TPSA) is 43.8 Å². The molecule has 0 aliphatic rings. The van der Waals surface area contributed by atoms with E-state index in [1.165, 1.54) is 5.69 Å². The molecule has 1 atom stereocenters. The van der Waals surface area contributed by atoms with Crippen LogP contribution < -0.4 is 5.73 Å². The smallest absolute Gasteiger partial charge is 0.0492 e. The molecule has 1 unspecified atom stereocenters. The summed E-state index contributed by atoms with van der Waals surface area (Å²) in [6, 6.07) is 2.35. The molecule has 0 fully saturated rings. The van der Waals surface area contributed by atoms with Gasteiger partial charge in [-0.1, -0.05) is 27.7 Å². The lowest BCUT2D eigenvalue weighted by Crippen LogP contribution is -2.35. The fraction of sp³-hybridized carbons (Fsp3) is 0.769. The zero-order valence-corrected chi connectivity index (χ0v) is 11.0. The number of hydrogen-bond donors (Lipinski definition) is 1. The molecule has 0 amide bonds. The zero-order valence-electron chi connectivity index (χ0n) is 11.0. The van der Waals surface area contributed by atoms with Gasteiger partial charge in [-0.25, -0.2) is 0 Å². The Bertz CT molecular complexity index is 309. The van der Waals surface area contributed by atoms with E-state index < -0.39 is 0 Å². The fourth-order valence-corrected chi connectivity index (χ4v) is 1.72. The quantitative estimate of drug-likeness (QED) is 0.834. The summed E-state index contributed by atoms with van der Waals surface area (Å²) in [6.07, 6.45) is 5.06. The Hall–Kier alpha value is -0.830. The van der Waals surface area contributed by atoms with Crippen molar-refractivity contribution in [2.24, 2.45) is 11.1 Å². The number of nitrogens with zero attached hydrogens (tertiary/aromatic N) is 2. The number of nitrogens with two attached hydrogens (primary N) is 1. The van der Waals surface area contributed by atoms with Gasteiger partial charge in [-0.3, -0.25) is 4.68 Å². The Kier molecular flexibility index (Phi) is 4.54. The predicted molar refractivity (Wildman–Crippen MR) is 68.3 cm³/mol. The van der Waals surface area contributed by atoms with Crippen molar-refractivity contribution in [3.05, 3.63) is 18.0 Å². The third-order valence-corrected chi connectivity index (χ3v) is 3.06. The Labute approximate surface area is 99.0 Å². The van der Waals surface area contributed by atoms with Crippen LogP contribution in [-0.2, 0) is 13.0 Å². The first-order valence-corrected chi connectivity index (χ1v) is 6.21. The third kappa shape index (κ3) is 3.63. The summed E-state index contributed by atoms with van der Waals surface area (Å²) in [5.74, 6) is 0. The molecule has 0 aromatic carbocycles. The van der Waals surface area contributed by atoms with Crippen molar-refractivity contribution >= 4 is 0 Å². The highest BCUT2D eigenvalue weighted by Crippen LogP contribution is 2.21. The van der Waals surface area contributed by atoms with Crippen molar-refractivity contribution in [1.29, 1.82) is 0 Å². The fourth-order valence-electron chi connectivity index (χ4n) is 1.72. The van der Waals surface area contributed by atoms with Crippen LogP contribution in [0.3, 0.4) is 0 Å². The molecule has 1 rings (SSSR count). The molecular weight excluding hydrogens is 198 g/mol. The molecule has 0 saturated carbocycles. The van der Waals surface area contributed by atoms with Gasteiger partial charge in [0.2, 0.25) is 0 Å². The molecule has 2 N–H and O–H groups in total. The van der Waals surface area contributed by atoms with Gasteiger partial charge in [0.15, 0.2) is 0 Å². The summed E-state index contributed by atoms with van der Waals surface area (Å²) >= 11 is 0. The highest BCUT2D eigenvalue weighted by Gasteiger charge is 2.20. The summed E-state index contributed by atoms with van der Waals surface area (Å²) in [7, 11) is 0. The summed E-state index contributed by atoms with van der Waals surface area (Å²) < 4.78 is 2.09. The van der Waals surface area contributed by atoms with E-state index >= 15 is 0 Å². The van der Waals surface area contributed by atoms with E-state index in [9.17, 15) is 0 Å². The molecule has 92 valence electrons. The van der Waals surface area contributed by atoms with Crippen molar-refractivity contribution in [3.63, 3.8) is 0 Å². The van der Waals surface area contributed by atoms with Crippen LogP contribution in [0.25, 0.3) is 0 Å². The second-order valence-corrected chi connectivity index (χ2v) is 5.56. The Balaban J connectivity index is 2.51. The van der Waals surface area contributed by atoms with Crippen molar-refractivity contribution in [1.82, 2.24) is 9.78 Å². The number of rotatable bonds is 5. The number of aromatic nitrogens is 2. The molecule has 0 saturated heterocycles. The molecular formula is C13H25N3. The van der Waals surface area contributed by atoms with E-state index in [-0.39, 0.29) is 11.5 Å². The molecule has 1 aromatic heterocycles. The maximum absolute atomic E-state index is 6.16. The average molecular weight is 223 g/mol. The monoisotopic (exact) mass is 223 g/mol. The van der Waals surface area contributed by atoms with E-state index in [2.05, 4.69) is 43.5 Å². The second kappa shape index (κ2) is 5.48. The molecule has 0 aliphatic heterocycles. The highest BCUT2D eigenvalue weighted by molar-refractivity contribution is 5.01. The van der Waals surface area contributed by atoms with Crippen LogP contribution >= 0.6 is 0 Å². The second-order valence-electron chi connectivity index (χ2n) is 5.56. The first-order valence-electron chi connectivity index (χ1n) is 6.21. The minimum Gasteiger partial charge on any atom is -0.327 e. The number of aryl methyl sites for hydroxylation is 2. The van der Waals surface area contributed by atoms with Crippen LogP contribution in [0.15, 0.2) is 12.3 Å². The lowest BCUT2D eigenvalue weighted by atomic mass is 9.84. The first kappa shape index (κ1) is 13.2. The van der Waals surface area contributed by atoms with Gasteiger partial charge in [0.05, 0.1) is 0 Å². The van der Waals surface area contributed by atoms with Gasteiger partial charge in [0.25, 0.3) is 0 Å². The summed E-state index contributed by atoms with van der Waals surface area (Å²) in [4.78, 5) is 0. The molecule has 0 aliphatic carbocycles. The summed E-state index contributed by atoms with van der Waals surface area (Å²) in [5, 5.41) is 4.32. The van der Waals surface area contributed by atoms with Crippen LogP contribution in [0, 0.1) is 5.41 Å². The van der Waals surface area contributed by atoms with Crippen LogP contribution in [-0.4, -0.2) is 15.8 Å². The SMILES string of the molecule is CCCn1nccc1CCC(N)C(C)(C)C. The van der Waals surface area contributed by atoms with Crippen molar-refractivity contribution in [2.75, 3.05) is 0 Å². The molecule has 3 heteroatoms. The first-order chi connectivity index (χ1) is 7.45. The van der Waals surface area contributed by atoms with Crippen molar-refractivity contribution in [2.45, 2.75) is 59.5 Å². The average Bonchev–Trinajstić information content (AvgIpc) is 2.61. The molecule has 3 nitrogen and oxygen atoms in total. The van der Waals surface area contributed by atoms with Gasteiger partial charge in [-0.2, -0.15) is 5.10 Å². The van der Waals surface area contributed by atoms with Gasteiger partial charge in [0, 0.05) is 24.5 Å². The summed E-state index contributed by atoms with van der Waals surface area (Å²) in [6.45, 7) is 9.77. The molecule has 0 spiro atoms. The maximum atomic E-state index is 6.16. The third-order valence-electron chi connectivity index (χ3n) is 3.06.